The molecule has 3 heterocycles. The molecule has 0 aliphatic heterocycles. The van der Waals surface area contributed by atoms with Gasteiger partial charge in [-0.15, -0.1) is 16.4 Å². The largest absolute Gasteiger partial charge is 0.449 e. The molecule has 0 fully saturated rings. The van der Waals surface area contributed by atoms with Crippen LogP contribution in [-0.2, 0) is 19.9 Å². The second kappa shape index (κ2) is 15.9. The van der Waals surface area contributed by atoms with Crippen LogP contribution >= 0.6 is 11.3 Å². The number of amides is 1. The lowest BCUT2D eigenvalue weighted by Gasteiger charge is -2.39. The molecule has 1 amide bonds. The number of aromatic amines is 1. The number of nitriles is 1. The summed E-state index contributed by atoms with van der Waals surface area (Å²) >= 11 is 1.24. The molecule has 0 spiro atoms. The Morgan fingerprint density at radius 1 is 1.20 bits per heavy atom. The Morgan fingerprint density at radius 3 is 2.61 bits per heavy atom. The van der Waals surface area contributed by atoms with E-state index in [2.05, 4.69) is 26.6 Å². The maximum absolute atomic E-state index is 15.7. The minimum Gasteiger partial charge on any atom is -0.449 e. The second-order valence-electron chi connectivity index (χ2n) is 11.8. The fraction of sp³-hybridized carbons (Fsp3) is 0.286. The van der Waals surface area contributed by atoms with Crippen molar-refractivity contribution in [2.45, 2.75) is 44.1 Å². The van der Waals surface area contributed by atoms with E-state index in [0.29, 0.717) is 27.9 Å². The van der Waals surface area contributed by atoms with Crippen LogP contribution in [0.2, 0.25) is 0 Å². The van der Waals surface area contributed by atoms with Crippen molar-refractivity contribution in [2.24, 2.45) is 0 Å². The first kappa shape index (κ1) is 36.6. The molecule has 2 unspecified atom stereocenters. The summed E-state index contributed by atoms with van der Waals surface area (Å²) in [4.78, 5) is 35.4. The van der Waals surface area contributed by atoms with Crippen LogP contribution in [0.3, 0.4) is 0 Å². The average Bonchev–Trinajstić information content (AvgIpc) is 3.82. The molecule has 0 aliphatic rings. The fourth-order valence-electron chi connectivity index (χ4n) is 5.76. The number of hydrogen-bond acceptors (Lipinski definition) is 11. The number of esters is 1. The Kier molecular flexibility index (Phi) is 11.4. The van der Waals surface area contributed by atoms with Crippen LogP contribution in [0.15, 0.2) is 78.8 Å². The summed E-state index contributed by atoms with van der Waals surface area (Å²) in [5.41, 5.74) is -0.0857. The normalized spacial score (nSPS) is 14.2. The van der Waals surface area contributed by atoms with Gasteiger partial charge in [0.25, 0.3) is 6.33 Å². The number of H-pyrrole nitrogens is 1. The first-order chi connectivity index (χ1) is 24.4. The van der Waals surface area contributed by atoms with Gasteiger partial charge in [0.2, 0.25) is 6.33 Å². The number of halogens is 2. The maximum atomic E-state index is 15.7. The van der Waals surface area contributed by atoms with Crippen molar-refractivity contribution in [3.63, 3.8) is 0 Å². The van der Waals surface area contributed by atoms with Crippen molar-refractivity contribution in [1.29, 1.82) is 5.26 Å². The lowest BCUT2D eigenvalue weighted by atomic mass is 9.75. The fourth-order valence-corrected chi connectivity index (χ4v) is 6.72. The van der Waals surface area contributed by atoms with Crippen molar-refractivity contribution in [1.82, 2.24) is 25.1 Å². The van der Waals surface area contributed by atoms with E-state index < -0.39 is 47.5 Å². The van der Waals surface area contributed by atoms with Crippen molar-refractivity contribution < 1.29 is 37.5 Å². The molecule has 51 heavy (non-hydrogen) atoms. The number of carbonyl (C=O) groups is 2. The zero-order valence-corrected chi connectivity index (χ0v) is 28.9. The summed E-state index contributed by atoms with van der Waals surface area (Å²) in [7, 11) is 3.39. The zero-order valence-electron chi connectivity index (χ0n) is 28.1. The third kappa shape index (κ3) is 8.23. The zero-order chi connectivity index (χ0) is 36.7. The van der Waals surface area contributed by atoms with E-state index in [0.717, 1.165) is 11.6 Å². The Hall–Kier alpha value is -5.63. The number of nitrogens with one attached hydrogen (secondary N) is 2. The highest BCUT2D eigenvalue weighted by atomic mass is 32.1. The summed E-state index contributed by atoms with van der Waals surface area (Å²) in [5.74, 6) is -3.13. The third-order valence-electron chi connectivity index (χ3n) is 8.26. The van der Waals surface area contributed by atoms with Gasteiger partial charge in [0.1, 0.15) is 29.1 Å². The molecule has 4 atom stereocenters. The predicted octanol–water partition coefficient (Wildman–Crippen LogP) is 5.36. The lowest BCUT2D eigenvalue weighted by molar-refractivity contribution is -0.741. The van der Waals surface area contributed by atoms with E-state index in [-0.39, 0.29) is 24.4 Å². The Bertz CT molecular complexity index is 2020. The highest BCUT2D eigenvalue weighted by Crippen LogP contribution is 2.46. The number of nitrogens with zero attached hydrogens (tertiary/aromatic N) is 6. The SMILES string of the molecule is CC(=O)OC(c1cccnc1NC(=O)OCCC([n+]1cn[nH]c1)[C@@](O)(c1ccc(F)cc1F)[C@H](C)c1nc(-c2ccc(C#N)cc2)cs1)N(C)C. The van der Waals surface area contributed by atoms with Crippen LogP contribution < -0.4 is 9.88 Å². The number of aromatic nitrogens is 5. The summed E-state index contributed by atoms with van der Waals surface area (Å²) in [5, 5.41) is 33.4. The molecule has 2 aromatic carbocycles. The minimum absolute atomic E-state index is 0.0635. The Morgan fingerprint density at radius 2 is 1.96 bits per heavy atom. The second-order valence-corrected chi connectivity index (χ2v) is 12.7. The quantitative estimate of drug-likeness (QED) is 0.0819. The molecule has 0 bridgehead atoms. The number of anilines is 1. The summed E-state index contributed by atoms with van der Waals surface area (Å²) in [6.07, 6.45) is 2.51. The topological polar surface area (TPSA) is 170 Å². The van der Waals surface area contributed by atoms with Gasteiger partial charge in [-0.3, -0.25) is 15.0 Å². The van der Waals surface area contributed by atoms with Gasteiger partial charge in [0.05, 0.1) is 34.5 Å². The van der Waals surface area contributed by atoms with Crippen LogP contribution in [0.1, 0.15) is 60.2 Å². The first-order valence-electron chi connectivity index (χ1n) is 15.7. The van der Waals surface area contributed by atoms with E-state index in [1.165, 1.54) is 47.7 Å². The van der Waals surface area contributed by atoms with Crippen molar-refractivity contribution in [3.8, 4) is 17.3 Å². The molecule has 16 heteroatoms. The van der Waals surface area contributed by atoms with Gasteiger partial charge >= 0.3 is 12.1 Å². The minimum atomic E-state index is -2.09. The van der Waals surface area contributed by atoms with Crippen molar-refractivity contribution >= 4 is 29.2 Å². The van der Waals surface area contributed by atoms with Crippen molar-refractivity contribution in [3.05, 3.63) is 112 Å². The van der Waals surface area contributed by atoms with Crippen LogP contribution in [0, 0.1) is 23.0 Å². The molecule has 264 valence electrons. The van der Waals surface area contributed by atoms with Gasteiger partial charge in [-0.25, -0.2) is 28.1 Å². The molecule has 0 saturated heterocycles. The van der Waals surface area contributed by atoms with E-state index in [1.807, 2.05) is 0 Å². The molecule has 13 nitrogen and oxygen atoms in total. The number of aliphatic hydroxyl groups is 1. The van der Waals surface area contributed by atoms with Gasteiger partial charge in [0, 0.05) is 53.1 Å². The molecular formula is C35H35F2N8O5S+. The molecule has 5 aromatic rings. The summed E-state index contributed by atoms with van der Waals surface area (Å²) in [6.45, 7) is 2.67. The number of rotatable bonds is 13. The summed E-state index contributed by atoms with van der Waals surface area (Å²) < 4.78 is 42.3. The Labute approximate surface area is 296 Å². The number of thiazole rings is 1. The van der Waals surface area contributed by atoms with Gasteiger partial charge in [-0.05, 0) is 44.4 Å². The number of benzene rings is 2. The molecule has 3 N–H and O–H groups in total. The average molecular weight is 718 g/mol. The number of ether oxygens (including phenoxy) is 2. The van der Waals surface area contributed by atoms with Crippen molar-refractivity contribution in [2.75, 3.05) is 26.0 Å². The van der Waals surface area contributed by atoms with E-state index >= 15 is 4.39 Å². The highest BCUT2D eigenvalue weighted by molar-refractivity contribution is 7.10. The Balaban J connectivity index is 1.44. The van der Waals surface area contributed by atoms with E-state index in [4.69, 9.17) is 14.5 Å². The maximum Gasteiger partial charge on any atom is 0.412 e. The number of hydrogen-bond donors (Lipinski definition) is 3. The smallest absolute Gasteiger partial charge is 0.412 e. The van der Waals surface area contributed by atoms with Crippen LogP contribution in [0.4, 0.5) is 19.4 Å². The van der Waals surface area contributed by atoms with E-state index in [9.17, 15) is 24.3 Å². The number of carbonyl (C=O) groups excluding carboxylic acids is 2. The molecular weight excluding hydrogens is 682 g/mol. The first-order valence-corrected chi connectivity index (χ1v) is 16.6. The van der Waals surface area contributed by atoms with Gasteiger partial charge in [0.15, 0.2) is 6.23 Å². The summed E-state index contributed by atoms with van der Waals surface area (Å²) in [6, 6.07) is 14.1. The van der Waals surface area contributed by atoms with Crippen LogP contribution in [0.5, 0.6) is 0 Å². The van der Waals surface area contributed by atoms with Gasteiger partial charge in [-0.2, -0.15) is 5.26 Å². The number of pyridine rings is 1. The molecule has 0 aliphatic carbocycles. The predicted molar refractivity (Wildman–Crippen MR) is 181 cm³/mol. The molecule has 0 radical (unpaired) electrons. The van der Waals surface area contributed by atoms with Crippen LogP contribution in [0.25, 0.3) is 11.3 Å². The van der Waals surface area contributed by atoms with Gasteiger partial charge in [-0.1, -0.05) is 25.1 Å². The monoisotopic (exact) mass is 717 g/mol. The molecule has 0 saturated carbocycles. The van der Waals surface area contributed by atoms with E-state index in [1.54, 1.807) is 67.7 Å². The third-order valence-corrected chi connectivity index (χ3v) is 9.29. The standard InChI is InChI=1S/C35H34F2N8O5S/c1-21(32-42-29(18-51-32)24-9-7-23(17-38)8-10-24)35(48,27-12-11-25(36)16-28(27)37)30(45-19-40-41-20-45)13-15-49-34(47)43-31-26(6-5-14-39-31)33(44(3)4)50-22(2)46/h5-12,14,16,18-21,30,33,48H,13,15H2,1-4H3,(H,39,43,47)/p+1/t21-,30?,33?,35+/m1/s1. The van der Waals surface area contributed by atoms with Gasteiger partial charge < -0.3 is 14.6 Å². The van der Waals surface area contributed by atoms with Crippen LogP contribution in [-0.4, -0.2) is 62.9 Å². The lowest BCUT2D eigenvalue weighted by Crippen LogP contribution is -2.54. The highest BCUT2D eigenvalue weighted by Gasteiger charge is 2.49. The molecule has 3 aromatic heterocycles. The molecule has 5 rings (SSSR count).